The minimum absolute atomic E-state index is 0.0252. The second kappa shape index (κ2) is 10.5. The maximum atomic E-state index is 12.7. The van der Waals surface area contributed by atoms with Gasteiger partial charge in [-0.05, 0) is 23.0 Å². The summed E-state index contributed by atoms with van der Waals surface area (Å²) < 4.78 is 0. The Hall–Kier alpha value is -1.04. The number of rotatable bonds is 12. The molecule has 0 spiro atoms. The number of carbonyl (C=O) groups excluding carboxylic acids is 2. The first-order chi connectivity index (χ1) is 12.1. The molecule has 0 aliphatic carbocycles. The largest absolute Gasteiger partial charge is 0.481 e. The summed E-state index contributed by atoms with van der Waals surface area (Å²) in [5.74, 6) is -0.993. The fraction of sp³-hybridized carbons (Fsp3) is 0.857. The second-order valence-electron chi connectivity index (χ2n) is 9.43. The van der Waals surface area contributed by atoms with Crippen molar-refractivity contribution in [3.63, 3.8) is 0 Å². The van der Waals surface area contributed by atoms with Crippen molar-refractivity contribution >= 4 is 29.4 Å². The van der Waals surface area contributed by atoms with E-state index in [1.54, 1.807) is 18.7 Å². The van der Waals surface area contributed by atoms with Crippen LogP contribution in [0.5, 0.6) is 0 Å². The summed E-state index contributed by atoms with van der Waals surface area (Å²) in [5, 5.41) is 12.6. The number of amides is 1. The van der Waals surface area contributed by atoms with Gasteiger partial charge in [-0.2, -0.15) is 11.8 Å². The number of Topliss-reactive ketones (excluding diaryl/α,β-unsaturated/α-hetero) is 1. The van der Waals surface area contributed by atoms with Crippen LogP contribution in [0.3, 0.4) is 0 Å². The van der Waals surface area contributed by atoms with Crippen molar-refractivity contribution in [2.45, 2.75) is 86.4 Å². The lowest BCUT2D eigenvalue weighted by molar-refractivity contribution is -0.142. The van der Waals surface area contributed by atoms with Gasteiger partial charge in [0.25, 0.3) is 0 Å². The van der Waals surface area contributed by atoms with E-state index in [2.05, 4.69) is 5.32 Å². The molecular formula is C21H39NO4S. The third kappa shape index (κ3) is 8.67. The average Bonchev–Trinajstić information content (AvgIpc) is 2.48. The molecule has 0 aromatic rings. The minimum atomic E-state index is -0.910. The monoisotopic (exact) mass is 401 g/mol. The molecule has 0 fully saturated rings. The van der Waals surface area contributed by atoms with Gasteiger partial charge in [-0.1, -0.05) is 55.4 Å². The molecule has 0 saturated carbocycles. The number of ketones is 1. The normalized spacial score (nSPS) is 14.9. The highest BCUT2D eigenvalue weighted by Crippen LogP contribution is 2.44. The van der Waals surface area contributed by atoms with Crippen LogP contribution in [0, 0.1) is 22.7 Å². The topological polar surface area (TPSA) is 83.5 Å². The molecule has 1 amide bonds. The number of hydrogen-bond acceptors (Lipinski definition) is 4. The summed E-state index contributed by atoms with van der Waals surface area (Å²) in [7, 11) is 0. The number of aliphatic carboxylic acids is 1. The molecule has 2 N–H and O–H groups in total. The van der Waals surface area contributed by atoms with Gasteiger partial charge >= 0.3 is 5.97 Å². The Labute approximate surface area is 169 Å². The lowest BCUT2D eigenvalue weighted by Crippen LogP contribution is -2.47. The average molecular weight is 402 g/mol. The van der Waals surface area contributed by atoms with Crippen LogP contribution in [0.25, 0.3) is 0 Å². The van der Waals surface area contributed by atoms with Crippen molar-refractivity contribution in [2.24, 2.45) is 22.7 Å². The molecule has 0 radical (unpaired) electrons. The fourth-order valence-corrected chi connectivity index (χ4v) is 3.52. The van der Waals surface area contributed by atoms with Crippen molar-refractivity contribution in [2.75, 3.05) is 5.75 Å². The Kier molecular flexibility index (Phi) is 10.1. The Morgan fingerprint density at radius 1 is 0.926 bits per heavy atom. The van der Waals surface area contributed by atoms with Gasteiger partial charge in [-0.25, -0.2) is 0 Å². The van der Waals surface area contributed by atoms with E-state index >= 15 is 0 Å². The minimum Gasteiger partial charge on any atom is -0.481 e. The molecule has 6 heteroatoms. The number of carbonyl (C=O) groups is 3. The molecule has 2 unspecified atom stereocenters. The Bertz CT molecular complexity index is 526. The van der Waals surface area contributed by atoms with Gasteiger partial charge in [0.15, 0.2) is 0 Å². The quantitative estimate of drug-likeness (QED) is 0.507. The smallest absolute Gasteiger partial charge is 0.308 e. The SMILES string of the molecule is CC(C)SCC(NC(=O)CC(C)(C)C(C)(C)CC(=O)C(C)C)C(C)C(=O)O. The summed E-state index contributed by atoms with van der Waals surface area (Å²) in [6, 6.07) is -0.418. The highest BCUT2D eigenvalue weighted by Gasteiger charge is 2.40. The van der Waals surface area contributed by atoms with E-state index in [1.165, 1.54) is 0 Å². The van der Waals surface area contributed by atoms with Crippen LogP contribution in [0.1, 0.15) is 75.2 Å². The first-order valence-corrected chi connectivity index (χ1v) is 10.8. The van der Waals surface area contributed by atoms with Gasteiger partial charge in [-0.15, -0.1) is 0 Å². The highest BCUT2D eigenvalue weighted by atomic mass is 32.2. The van der Waals surface area contributed by atoms with E-state index < -0.39 is 23.3 Å². The van der Waals surface area contributed by atoms with Crippen molar-refractivity contribution in [1.29, 1.82) is 0 Å². The molecule has 158 valence electrons. The summed E-state index contributed by atoms with van der Waals surface area (Å²) in [6.07, 6.45) is 0.670. The van der Waals surface area contributed by atoms with Crippen LogP contribution < -0.4 is 5.32 Å². The second-order valence-corrected chi connectivity index (χ2v) is 11.0. The zero-order valence-electron chi connectivity index (χ0n) is 18.5. The first-order valence-electron chi connectivity index (χ1n) is 9.77. The predicted octanol–water partition coefficient (Wildman–Crippen LogP) is 4.39. The molecule has 0 aliphatic heterocycles. The Balaban J connectivity index is 5.12. The van der Waals surface area contributed by atoms with Crippen molar-refractivity contribution in [1.82, 2.24) is 5.32 Å². The summed E-state index contributed by atoms with van der Waals surface area (Å²) in [4.78, 5) is 36.3. The number of thioether (sulfide) groups is 1. The summed E-state index contributed by atoms with van der Waals surface area (Å²) >= 11 is 1.64. The molecule has 0 heterocycles. The van der Waals surface area contributed by atoms with E-state index in [9.17, 15) is 19.5 Å². The lowest BCUT2D eigenvalue weighted by atomic mass is 9.63. The number of hydrogen-bond donors (Lipinski definition) is 2. The highest BCUT2D eigenvalue weighted by molar-refractivity contribution is 7.99. The number of carboxylic acids is 1. The third-order valence-corrected chi connectivity index (χ3v) is 6.86. The van der Waals surface area contributed by atoms with Crippen molar-refractivity contribution < 1.29 is 19.5 Å². The maximum Gasteiger partial charge on any atom is 0.308 e. The standard InChI is InChI=1S/C21H39NO4S/c1-13(2)17(23)10-20(6,7)21(8,9)11-18(24)22-16(12-27-14(3)4)15(5)19(25)26/h13-16H,10-12H2,1-9H3,(H,22,24)(H,25,26). The summed E-state index contributed by atoms with van der Waals surface area (Å²) in [6.45, 7) is 17.5. The van der Waals surface area contributed by atoms with Crippen molar-refractivity contribution in [3.05, 3.63) is 0 Å². The Morgan fingerprint density at radius 2 is 1.41 bits per heavy atom. The van der Waals surface area contributed by atoms with Crippen LogP contribution in [0.15, 0.2) is 0 Å². The Morgan fingerprint density at radius 3 is 1.81 bits per heavy atom. The number of nitrogens with one attached hydrogen (secondary N) is 1. The van der Waals surface area contributed by atoms with Crippen LogP contribution in [0.4, 0.5) is 0 Å². The fourth-order valence-electron chi connectivity index (χ4n) is 2.56. The van der Waals surface area contributed by atoms with E-state index in [0.717, 1.165) is 0 Å². The van der Waals surface area contributed by atoms with Crippen LogP contribution in [-0.2, 0) is 14.4 Å². The third-order valence-electron chi connectivity index (χ3n) is 5.64. The molecule has 2 atom stereocenters. The molecule has 0 aliphatic rings. The number of carboxylic acid groups (broad SMARTS) is 1. The van der Waals surface area contributed by atoms with Gasteiger partial charge in [0.1, 0.15) is 5.78 Å². The molecule has 0 aromatic heterocycles. The molecule has 5 nitrogen and oxygen atoms in total. The van der Waals surface area contributed by atoms with Crippen LogP contribution in [0.2, 0.25) is 0 Å². The van der Waals surface area contributed by atoms with Gasteiger partial charge in [0.05, 0.1) is 12.0 Å². The molecular weight excluding hydrogens is 362 g/mol. The molecule has 27 heavy (non-hydrogen) atoms. The lowest BCUT2D eigenvalue weighted by Gasteiger charge is -2.41. The maximum absolute atomic E-state index is 12.7. The molecule has 0 aromatic carbocycles. The van der Waals surface area contributed by atoms with Gasteiger partial charge in [0.2, 0.25) is 5.91 Å². The first kappa shape index (κ1) is 26.0. The van der Waals surface area contributed by atoms with Crippen molar-refractivity contribution in [3.8, 4) is 0 Å². The van der Waals surface area contributed by atoms with Gasteiger partial charge < -0.3 is 10.4 Å². The van der Waals surface area contributed by atoms with Gasteiger partial charge in [0, 0.05) is 24.5 Å². The van der Waals surface area contributed by atoms with E-state index in [0.29, 0.717) is 17.4 Å². The molecule has 0 saturated heterocycles. The molecule has 0 bridgehead atoms. The summed E-state index contributed by atoms with van der Waals surface area (Å²) in [5.41, 5.74) is -0.740. The molecule has 0 rings (SSSR count). The predicted molar refractivity (Wildman–Crippen MR) is 113 cm³/mol. The van der Waals surface area contributed by atoms with Crippen LogP contribution in [-0.4, -0.2) is 39.8 Å². The van der Waals surface area contributed by atoms with E-state index in [4.69, 9.17) is 0 Å². The zero-order valence-corrected chi connectivity index (χ0v) is 19.3. The van der Waals surface area contributed by atoms with Gasteiger partial charge in [-0.3, -0.25) is 14.4 Å². The van der Waals surface area contributed by atoms with E-state index in [-0.39, 0.29) is 29.4 Å². The van der Waals surface area contributed by atoms with E-state index in [1.807, 2.05) is 55.4 Å². The zero-order chi connectivity index (χ0) is 21.6. The van der Waals surface area contributed by atoms with Crippen LogP contribution >= 0.6 is 11.8 Å².